The fourth-order valence-electron chi connectivity index (χ4n) is 1.72. The average molecular weight is 366 g/mol. The third-order valence-corrected chi connectivity index (χ3v) is 3.70. The monoisotopic (exact) mass is 365 g/mol. The molecule has 0 aliphatic rings. The first-order valence-electron chi connectivity index (χ1n) is 6.73. The molecule has 0 unspecified atom stereocenters. The van der Waals surface area contributed by atoms with Crippen LogP contribution in [0.3, 0.4) is 0 Å². The van der Waals surface area contributed by atoms with E-state index in [0.29, 0.717) is 11.3 Å². The number of hydrogen-bond acceptors (Lipinski definition) is 4. The summed E-state index contributed by atoms with van der Waals surface area (Å²) in [5.41, 5.74) is 3.06. The van der Waals surface area contributed by atoms with Crippen molar-refractivity contribution in [2.75, 3.05) is 12.4 Å². The molecule has 2 aromatic rings. The van der Waals surface area contributed by atoms with Crippen LogP contribution in [-0.2, 0) is 9.59 Å². The number of carbonyl (C=O) groups excluding carboxylic acids is 2. The molecule has 0 atom stereocenters. The number of methoxy groups -OCH3 is 1. The van der Waals surface area contributed by atoms with Crippen molar-refractivity contribution >= 4 is 46.9 Å². The smallest absolute Gasteiger partial charge is 0.329 e. The van der Waals surface area contributed by atoms with Gasteiger partial charge in [0.05, 0.1) is 29.1 Å². The van der Waals surface area contributed by atoms with Gasteiger partial charge in [-0.2, -0.15) is 5.10 Å². The summed E-state index contributed by atoms with van der Waals surface area (Å²) in [6.07, 6.45) is 1.39. The average Bonchev–Trinajstić information content (AvgIpc) is 2.59. The van der Waals surface area contributed by atoms with Gasteiger partial charge in [-0.25, -0.2) is 5.43 Å². The van der Waals surface area contributed by atoms with E-state index in [1.165, 1.54) is 12.3 Å². The molecule has 2 N–H and O–H groups in total. The zero-order chi connectivity index (χ0) is 17.5. The molecule has 0 radical (unpaired) electrons. The van der Waals surface area contributed by atoms with Gasteiger partial charge >= 0.3 is 11.8 Å². The highest BCUT2D eigenvalue weighted by molar-refractivity contribution is 6.45. The number of carbonyl (C=O) groups is 2. The van der Waals surface area contributed by atoms with Gasteiger partial charge in [-0.05, 0) is 29.8 Å². The molecule has 0 aliphatic heterocycles. The maximum atomic E-state index is 11.8. The summed E-state index contributed by atoms with van der Waals surface area (Å²) in [7, 11) is 1.54. The lowest BCUT2D eigenvalue weighted by atomic mass is 10.2. The van der Waals surface area contributed by atoms with Crippen molar-refractivity contribution in [3.05, 3.63) is 58.1 Å². The molecule has 0 saturated carbocycles. The van der Waals surface area contributed by atoms with Crippen LogP contribution >= 0.6 is 23.2 Å². The van der Waals surface area contributed by atoms with E-state index in [0.717, 1.165) is 0 Å². The zero-order valence-electron chi connectivity index (χ0n) is 12.5. The van der Waals surface area contributed by atoms with E-state index in [2.05, 4.69) is 15.8 Å². The maximum absolute atomic E-state index is 11.8. The minimum Gasteiger partial charge on any atom is -0.497 e. The number of ether oxygens (including phenoxy) is 1. The zero-order valence-corrected chi connectivity index (χ0v) is 14.1. The largest absolute Gasteiger partial charge is 0.497 e. The van der Waals surface area contributed by atoms with Gasteiger partial charge in [-0.15, -0.1) is 0 Å². The number of anilines is 1. The highest BCUT2D eigenvalue weighted by atomic mass is 35.5. The van der Waals surface area contributed by atoms with Gasteiger partial charge in [-0.3, -0.25) is 9.59 Å². The van der Waals surface area contributed by atoms with Crippen LogP contribution in [0.2, 0.25) is 10.0 Å². The molecule has 8 heteroatoms. The van der Waals surface area contributed by atoms with Crippen molar-refractivity contribution in [2.24, 2.45) is 5.10 Å². The van der Waals surface area contributed by atoms with E-state index in [9.17, 15) is 9.59 Å². The van der Waals surface area contributed by atoms with E-state index >= 15 is 0 Å². The highest BCUT2D eigenvalue weighted by Crippen LogP contribution is 2.29. The molecule has 0 saturated heterocycles. The van der Waals surface area contributed by atoms with Crippen LogP contribution in [0.25, 0.3) is 0 Å². The van der Waals surface area contributed by atoms with Gasteiger partial charge in [0.15, 0.2) is 0 Å². The summed E-state index contributed by atoms with van der Waals surface area (Å²) in [6.45, 7) is 0. The second-order valence-electron chi connectivity index (χ2n) is 4.53. The summed E-state index contributed by atoms with van der Waals surface area (Å²) in [5, 5.41) is 6.50. The first kappa shape index (κ1) is 17.8. The first-order valence-corrected chi connectivity index (χ1v) is 7.49. The first-order chi connectivity index (χ1) is 11.5. The van der Waals surface area contributed by atoms with Crippen LogP contribution in [0, 0.1) is 0 Å². The number of nitrogens with one attached hydrogen (secondary N) is 2. The predicted octanol–water partition coefficient (Wildman–Crippen LogP) is 3.09. The lowest BCUT2D eigenvalue weighted by molar-refractivity contribution is -0.136. The van der Waals surface area contributed by atoms with Crippen molar-refractivity contribution < 1.29 is 14.3 Å². The van der Waals surface area contributed by atoms with E-state index in [1.54, 1.807) is 43.5 Å². The van der Waals surface area contributed by atoms with E-state index in [1.807, 2.05) is 0 Å². The van der Waals surface area contributed by atoms with E-state index in [-0.39, 0.29) is 15.7 Å². The fourth-order valence-corrected chi connectivity index (χ4v) is 2.07. The van der Waals surface area contributed by atoms with Gasteiger partial charge in [0.25, 0.3) is 0 Å². The standard InChI is InChI=1S/C16H13Cl2N3O3/c1-24-11-5-2-4-10(8-11)9-19-21-16(23)15(22)20-13-7-3-6-12(17)14(13)18/h2-9H,1H3,(H,20,22)(H,21,23). The Hall–Kier alpha value is -2.57. The highest BCUT2D eigenvalue weighted by Gasteiger charge is 2.15. The van der Waals surface area contributed by atoms with E-state index in [4.69, 9.17) is 27.9 Å². The summed E-state index contributed by atoms with van der Waals surface area (Å²) < 4.78 is 5.07. The van der Waals surface area contributed by atoms with Crippen molar-refractivity contribution in [3.63, 3.8) is 0 Å². The van der Waals surface area contributed by atoms with Crippen molar-refractivity contribution in [1.82, 2.24) is 5.43 Å². The third-order valence-electron chi connectivity index (χ3n) is 2.88. The van der Waals surface area contributed by atoms with Gasteiger partial charge in [-0.1, -0.05) is 41.4 Å². The molecule has 0 aromatic heterocycles. The molecule has 124 valence electrons. The molecule has 0 heterocycles. The van der Waals surface area contributed by atoms with Crippen LogP contribution in [-0.4, -0.2) is 25.1 Å². The van der Waals surface area contributed by atoms with Gasteiger partial charge < -0.3 is 10.1 Å². The second kappa shape index (κ2) is 8.33. The normalized spacial score (nSPS) is 10.5. The SMILES string of the molecule is COc1cccc(C=NNC(=O)C(=O)Nc2cccc(Cl)c2Cl)c1. The molecule has 0 fully saturated rings. The molecule has 24 heavy (non-hydrogen) atoms. The number of nitrogens with zero attached hydrogens (tertiary/aromatic N) is 1. The molecule has 0 spiro atoms. The topological polar surface area (TPSA) is 79.8 Å². The van der Waals surface area contributed by atoms with Crippen LogP contribution in [0.1, 0.15) is 5.56 Å². The number of hydrogen-bond donors (Lipinski definition) is 2. The Bertz CT molecular complexity index is 794. The van der Waals surface area contributed by atoms with Gasteiger partial charge in [0.2, 0.25) is 0 Å². The Morgan fingerprint density at radius 1 is 1.12 bits per heavy atom. The minimum atomic E-state index is -0.940. The molecule has 2 aromatic carbocycles. The Morgan fingerprint density at radius 3 is 2.62 bits per heavy atom. The number of halogens is 2. The quantitative estimate of drug-likeness (QED) is 0.496. The molecular formula is C16H13Cl2N3O3. The van der Waals surface area contributed by atoms with Crippen LogP contribution in [0.15, 0.2) is 47.6 Å². The van der Waals surface area contributed by atoms with Gasteiger partial charge in [0.1, 0.15) is 5.75 Å². The third kappa shape index (κ3) is 4.71. The lowest BCUT2D eigenvalue weighted by Gasteiger charge is -2.06. The molecule has 2 amide bonds. The fraction of sp³-hybridized carbons (Fsp3) is 0.0625. The lowest BCUT2D eigenvalue weighted by Crippen LogP contribution is -2.32. The summed E-state index contributed by atoms with van der Waals surface area (Å²) in [4.78, 5) is 23.5. The molecule has 6 nitrogen and oxygen atoms in total. The summed E-state index contributed by atoms with van der Waals surface area (Å²) in [6, 6.07) is 11.7. The summed E-state index contributed by atoms with van der Waals surface area (Å²) >= 11 is 11.8. The van der Waals surface area contributed by atoms with Crippen molar-refractivity contribution in [1.29, 1.82) is 0 Å². The van der Waals surface area contributed by atoms with Gasteiger partial charge in [0, 0.05) is 0 Å². The number of rotatable bonds is 4. The number of amides is 2. The van der Waals surface area contributed by atoms with E-state index < -0.39 is 11.8 Å². The van der Waals surface area contributed by atoms with Crippen molar-refractivity contribution in [2.45, 2.75) is 0 Å². The maximum Gasteiger partial charge on any atom is 0.329 e. The second-order valence-corrected chi connectivity index (χ2v) is 5.32. The number of hydrazone groups is 1. The Labute approximate surface area is 148 Å². The molecule has 0 aliphatic carbocycles. The molecule has 0 bridgehead atoms. The predicted molar refractivity (Wildman–Crippen MR) is 93.8 cm³/mol. The molecule has 2 rings (SSSR count). The van der Waals surface area contributed by atoms with Crippen molar-refractivity contribution in [3.8, 4) is 5.75 Å². The Balaban J connectivity index is 1.95. The molecular weight excluding hydrogens is 353 g/mol. The number of benzene rings is 2. The Morgan fingerprint density at radius 2 is 1.88 bits per heavy atom. The van der Waals surface area contributed by atoms with Crippen LogP contribution in [0.5, 0.6) is 5.75 Å². The Kier molecular flexibility index (Phi) is 6.17. The van der Waals surface area contributed by atoms with Crippen LogP contribution < -0.4 is 15.5 Å². The van der Waals surface area contributed by atoms with Crippen LogP contribution in [0.4, 0.5) is 5.69 Å². The minimum absolute atomic E-state index is 0.153. The summed E-state index contributed by atoms with van der Waals surface area (Å²) in [5.74, 6) is -1.20.